The first-order chi connectivity index (χ1) is 6.12. The normalized spacial score (nSPS) is 12.0. The molecule has 0 spiro atoms. The molecule has 2 heteroatoms. The Kier molecular flexibility index (Phi) is 7.78. The zero-order valence-electron chi connectivity index (χ0n) is 9.24. The summed E-state index contributed by atoms with van der Waals surface area (Å²) in [6.07, 6.45) is 6.10. The predicted molar refractivity (Wildman–Crippen MR) is 59.5 cm³/mol. The molecule has 0 aliphatic heterocycles. The van der Waals surface area contributed by atoms with Crippen LogP contribution in [-0.2, 0) is 4.74 Å². The standard InChI is InChI=1S/C11H23ClO/c1-4-13-11(2,3)9-7-5-6-8-10-12/h4-10H2,1-3H3. The Balaban J connectivity index is 3.29. The molecule has 0 amide bonds. The summed E-state index contributed by atoms with van der Waals surface area (Å²) in [6.45, 7) is 7.19. The lowest BCUT2D eigenvalue weighted by Gasteiger charge is -2.24. The van der Waals surface area contributed by atoms with Crippen LogP contribution in [0.25, 0.3) is 0 Å². The predicted octanol–water partition coefficient (Wildman–Crippen LogP) is 3.99. The average molecular weight is 207 g/mol. The lowest BCUT2D eigenvalue weighted by Crippen LogP contribution is -2.23. The largest absolute Gasteiger partial charge is 0.376 e. The van der Waals surface area contributed by atoms with Crippen LogP contribution in [0.1, 0.15) is 52.9 Å². The van der Waals surface area contributed by atoms with Crippen LogP contribution < -0.4 is 0 Å². The van der Waals surface area contributed by atoms with Crippen molar-refractivity contribution in [1.29, 1.82) is 0 Å². The summed E-state index contributed by atoms with van der Waals surface area (Å²) in [5, 5.41) is 0. The zero-order valence-corrected chi connectivity index (χ0v) is 9.99. The third-order valence-corrected chi connectivity index (χ3v) is 2.46. The summed E-state index contributed by atoms with van der Waals surface area (Å²) < 4.78 is 5.61. The Labute approximate surface area is 87.8 Å². The summed E-state index contributed by atoms with van der Waals surface area (Å²) in [4.78, 5) is 0. The molecule has 0 aromatic rings. The van der Waals surface area contributed by atoms with Gasteiger partial charge < -0.3 is 4.74 Å². The Hall–Kier alpha value is 0.250. The third-order valence-electron chi connectivity index (χ3n) is 2.20. The summed E-state index contributed by atoms with van der Waals surface area (Å²) in [5.41, 5.74) is 0.0652. The number of hydrogen-bond acceptors (Lipinski definition) is 1. The van der Waals surface area contributed by atoms with Gasteiger partial charge in [0.15, 0.2) is 0 Å². The minimum atomic E-state index is 0.0652. The van der Waals surface area contributed by atoms with Crippen LogP contribution in [-0.4, -0.2) is 18.1 Å². The smallest absolute Gasteiger partial charge is 0.0626 e. The van der Waals surface area contributed by atoms with Gasteiger partial charge in [-0.15, -0.1) is 11.6 Å². The highest BCUT2D eigenvalue weighted by Gasteiger charge is 2.16. The second-order valence-electron chi connectivity index (χ2n) is 4.05. The molecule has 0 bridgehead atoms. The first-order valence-corrected chi connectivity index (χ1v) is 5.86. The van der Waals surface area contributed by atoms with E-state index in [-0.39, 0.29) is 5.60 Å². The number of hydrogen-bond donors (Lipinski definition) is 0. The van der Waals surface area contributed by atoms with Crippen LogP contribution in [0.15, 0.2) is 0 Å². The highest BCUT2D eigenvalue weighted by molar-refractivity contribution is 6.17. The molecule has 0 aromatic heterocycles. The van der Waals surface area contributed by atoms with E-state index in [0.717, 1.165) is 25.3 Å². The molecule has 0 saturated carbocycles. The molecule has 0 aliphatic carbocycles. The Bertz CT molecular complexity index is 113. The van der Waals surface area contributed by atoms with E-state index in [9.17, 15) is 0 Å². The van der Waals surface area contributed by atoms with E-state index in [1.165, 1.54) is 19.3 Å². The number of rotatable bonds is 8. The maximum absolute atomic E-state index is 5.61. The van der Waals surface area contributed by atoms with Crippen molar-refractivity contribution in [3.8, 4) is 0 Å². The Morgan fingerprint density at radius 1 is 1.08 bits per heavy atom. The van der Waals surface area contributed by atoms with Crippen molar-refractivity contribution in [3.05, 3.63) is 0 Å². The molecule has 13 heavy (non-hydrogen) atoms. The van der Waals surface area contributed by atoms with E-state index >= 15 is 0 Å². The highest BCUT2D eigenvalue weighted by Crippen LogP contribution is 2.18. The molecule has 0 atom stereocenters. The number of unbranched alkanes of at least 4 members (excludes halogenated alkanes) is 3. The minimum absolute atomic E-state index is 0.0652. The molecule has 0 aromatic carbocycles. The van der Waals surface area contributed by atoms with Crippen LogP contribution in [0.3, 0.4) is 0 Å². The van der Waals surface area contributed by atoms with Crippen molar-refractivity contribution in [2.75, 3.05) is 12.5 Å². The minimum Gasteiger partial charge on any atom is -0.376 e. The molecular weight excluding hydrogens is 184 g/mol. The fourth-order valence-corrected chi connectivity index (χ4v) is 1.65. The van der Waals surface area contributed by atoms with Crippen molar-refractivity contribution in [2.45, 2.75) is 58.5 Å². The molecule has 0 N–H and O–H groups in total. The molecule has 0 aliphatic rings. The quantitative estimate of drug-likeness (QED) is 0.431. The van der Waals surface area contributed by atoms with Gasteiger partial charge in [0.1, 0.15) is 0 Å². The second kappa shape index (κ2) is 7.64. The number of alkyl halides is 1. The van der Waals surface area contributed by atoms with Gasteiger partial charge in [-0.2, -0.15) is 0 Å². The van der Waals surface area contributed by atoms with Gasteiger partial charge in [-0.25, -0.2) is 0 Å². The highest BCUT2D eigenvalue weighted by atomic mass is 35.5. The van der Waals surface area contributed by atoms with Gasteiger partial charge >= 0.3 is 0 Å². The van der Waals surface area contributed by atoms with Crippen LogP contribution in [0.4, 0.5) is 0 Å². The van der Waals surface area contributed by atoms with Gasteiger partial charge in [0.25, 0.3) is 0 Å². The van der Waals surface area contributed by atoms with Gasteiger partial charge in [0.05, 0.1) is 5.60 Å². The van der Waals surface area contributed by atoms with E-state index in [1.807, 2.05) is 0 Å². The second-order valence-corrected chi connectivity index (χ2v) is 4.42. The molecule has 0 saturated heterocycles. The van der Waals surface area contributed by atoms with Crippen LogP contribution in [0.2, 0.25) is 0 Å². The Morgan fingerprint density at radius 3 is 2.23 bits per heavy atom. The maximum Gasteiger partial charge on any atom is 0.0626 e. The summed E-state index contributed by atoms with van der Waals surface area (Å²) in [5.74, 6) is 0.800. The zero-order chi connectivity index (χ0) is 10.2. The van der Waals surface area contributed by atoms with E-state index in [0.29, 0.717) is 0 Å². The molecule has 0 fully saturated rings. The number of ether oxygens (including phenoxy) is 1. The molecule has 0 unspecified atom stereocenters. The molecule has 80 valence electrons. The van der Waals surface area contributed by atoms with Crippen LogP contribution >= 0.6 is 11.6 Å². The van der Waals surface area contributed by atoms with Gasteiger partial charge in [-0.05, 0) is 33.6 Å². The lowest BCUT2D eigenvalue weighted by molar-refractivity contribution is -0.0177. The molecule has 0 radical (unpaired) electrons. The summed E-state index contributed by atoms with van der Waals surface area (Å²) in [6, 6.07) is 0. The fourth-order valence-electron chi connectivity index (χ4n) is 1.46. The van der Waals surface area contributed by atoms with Gasteiger partial charge in [-0.1, -0.05) is 19.3 Å². The van der Waals surface area contributed by atoms with E-state index in [1.54, 1.807) is 0 Å². The average Bonchev–Trinajstić information content (AvgIpc) is 2.04. The van der Waals surface area contributed by atoms with E-state index in [2.05, 4.69) is 20.8 Å². The van der Waals surface area contributed by atoms with Gasteiger partial charge in [0.2, 0.25) is 0 Å². The lowest BCUT2D eigenvalue weighted by atomic mass is 10.00. The molecule has 1 nitrogen and oxygen atoms in total. The molecule has 0 rings (SSSR count). The molecule has 0 heterocycles. The van der Waals surface area contributed by atoms with E-state index < -0.39 is 0 Å². The topological polar surface area (TPSA) is 9.23 Å². The summed E-state index contributed by atoms with van der Waals surface area (Å²) >= 11 is 5.60. The first-order valence-electron chi connectivity index (χ1n) is 5.32. The third kappa shape index (κ3) is 8.58. The van der Waals surface area contributed by atoms with Crippen molar-refractivity contribution >= 4 is 11.6 Å². The number of halogens is 1. The maximum atomic E-state index is 5.61. The fraction of sp³-hybridized carbons (Fsp3) is 1.00. The van der Waals surface area contributed by atoms with Crippen LogP contribution in [0, 0.1) is 0 Å². The van der Waals surface area contributed by atoms with Crippen molar-refractivity contribution in [2.24, 2.45) is 0 Å². The van der Waals surface area contributed by atoms with Gasteiger partial charge in [-0.3, -0.25) is 0 Å². The van der Waals surface area contributed by atoms with Crippen molar-refractivity contribution in [3.63, 3.8) is 0 Å². The van der Waals surface area contributed by atoms with Crippen molar-refractivity contribution in [1.82, 2.24) is 0 Å². The monoisotopic (exact) mass is 206 g/mol. The first kappa shape index (κ1) is 13.2. The van der Waals surface area contributed by atoms with Crippen molar-refractivity contribution < 1.29 is 4.74 Å². The molecular formula is C11H23ClO. The summed E-state index contributed by atoms with van der Waals surface area (Å²) in [7, 11) is 0. The van der Waals surface area contributed by atoms with Crippen LogP contribution in [0.5, 0.6) is 0 Å². The SMILES string of the molecule is CCOC(C)(C)CCCCCCCl. The Morgan fingerprint density at radius 2 is 1.69 bits per heavy atom. The van der Waals surface area contributed by atoms with E-state index in [4.69, 9.17) is 16.3 Å². The van der Waals surface area contributed by atoms with Gasteiger partial charge in [0, 0.05) is 12.5 Å².